The SMILES string of the molecule is C#CC(CCc1ccc(C)cc1)NCC. The highest BCUT2D eigenvalue weighted by Gasteiger charge is 2.02. The monoisotopic (exact) mass is 201 g/mol. The molecule has 1 aromatic rings. The van der Waals surface area contributed by atoms with Crippen molar-refractivity contribution < 1.29 is 0 Å². The minimum atomic E-state index is 0.205. The molecule has 1 aromatic carbocycles. The zero-order valence-electron chi connectivity index (χ0n) is 9.59. The maximum atomic E-state index is 5.43. The molecule has 0 amide bonds. The third kappa shape index (κ3) is 4.18. The first-order valence-corrected chi connectivity index (χ1v) is 5.51. The highest BCUT2D eigenvalue weighted by Crippen LogP contribution is 2.07. The zero-order chi connectivity index (χ0) is 11.1. The molecule has 15 heavy (non-hydrogen) atoms. The van der Waals surface area contributed by atoms with Crippen LogP contribution in [0, 0.1) is 19.3 Å². The van der Waals surface area contributed by atoms with E-state index in [0.29, 0.717) is 0 Å². The number of aryl methyl sites for hydroxylation is 2. The third-order valence-corrected chi connectivity index (χ3v) is 2.49. The first-order chi connectivity index (χ1) is 7.26. The summed E-state index contributed by atoms with van der Waals surface area (Å²) in [6.07, 6.45) is 7.49. The third-order valence-electron chi connectivity index (χ3n) is 2.49. The average molecular weight is 201 g/mol. The van der Waals surface area contributed by atoms with Crippen molar-refractivity contribution in [1.29, 1.82) is 0 Å². The lowest BCUT2D eigenvalue weighted by atomic mass is 10.0. The van der Waals surface area contributed by atoms with Crippen molar-refractivity contribution in [2.75, 3.05) is 6.54 Å². The van der Waals surface area contributed by atoms with E-state index in [1.807, 2.05) is 0 Å². The molecule has 1 unspecified atom stereocenters. The summed E-state index contributed by atoms with van der Waals surface area (Å²) in [7, 11) is 0. The molecule has 1 heteroatoms. The first kappa shape index (κ1) is 11.8. The molecule has 0 radical (unpaired) electrons. The fourth-order valence-corrected chi connectivity index (χ4v) is 1.56. The van der Waals surface area contributed by atoms with E-state index in [-0.39, 0.29) is 6.04 Å². The quantitative estimate of drug-likeness (QED) is 0.722. The molecule has 0 saturated heterocycles. The Bertz CT molecular complexity index is 318. The van der Waals surface area contributed by atoms with Gasteiger partial charge in [-0.2, -0.15) is 0 Å². The lowest BCUT2D eigenvalue weighted by Gasteiger charge is -2.11. The van der Waals surface area contributed by atoms with Gasteiger partial charge < -0.3 is 5.32 Å². The summed E-state index contributed by atoms with van der Waals surface area (Å²) in [4.78, 5) is 0. The summed E-state index contributed by atoms with van der Waals surface area (Å²) in [5, 5.41) is 3.28. The van der Waals surface area contributed by atoms with Crippen LogP contribution >= 0.6 is 0 Å². The van der Waals surface area contributed by atoms with Gasteiger partial charge >= 0.3 is 0 Å². The van der Waals surface area contributed by atoms with E-state index in [0.717, 1.165) is 19.4 Å². The number of rotatable bonds is 5. The van der Waals surface area contributed by atoms with E-state index in [1.54, 1.807) is 0 Å². The van der Waals surface area contributed by atoms with E-state index in [9.17, 15) is 0 Å². The van der Waals surface area contributed by atoms with Crippen molar-refractivity contribution in [3.05, 3.63) is 35.4 Å². The Labute approximate surface area is 92.9 Å². The summed E-state index contributed by atoms with van der Waals surface area (Å²) in [6, 6.07) is 8.85. The van der Waals surface area contributed by atoms with Crippen LogP contribution in [-0.2, 0) is 6.42 Å². The molecule has 1 N–H and O–H groups in total. The topological polar surface area (TPSA) is 12.0 Å². The van der Waals surface area contributed by atoms with E-state index < -0.39 is 0 Å². The van der Waals surface area contributed by atoms with Crippen molar-refractivity contribution in [3.63, 3.8) is 0 Å². The predicted molar refractivity (Wildman–Crippen MR) is 65.8 cm³/mol. The first-order valence-electron chi connectivity index (χ1n) is 5.51. The number of benzene rings is 1. The van der Waals surface area contributed by atoms with Crippen LogP contribution in [0.3, 0.4) is 0 Å². The molecule has 0 aliphatic rings. The molecule has 0 aliphatic heterocycles. The molecular formula is C14H19N. The Morgan fingerprint density at radius 3 is 2.53 bits per heavy atom. The zero-order valence-corrected chi connectivity index (χ0v) is 9.59. The van der Waals surface area contributed by atoms with Crippen LogP contribution in [0.1, 0.15) is 24.5 Å². The highest BCUT2D eigenvalue weighted by atomic mass is 14.9. The number of nitrogens with one attached hydrogen (secondary N) is 1. The van der Waals surface area contributed by atoms with Gasteiger partial charge in [0.05, 0.1) is 6.04 Å². The van der Waals surface area contributed by atoms with Gasteiger partial charge in [0, 0.05) is 0 Å². The Hall–Kier alpha value is -1.26. The maximum Gasteiger partial charge on any atom is 0.0690 e. The van der Waals surface area contributed by atoms with Crippen molar-refractivity contribution in [1.82, 2.24) is 5.32 Å². The summed E-state index contributed by atoms with van der Waals surface area (Å²) >= 11 is 0. The fourth-order valence-electron chi connectivity index (χ4n) is 1.56. The molecule has 1 rings (SSSR count). The second-order valence-electron chi connectivity index (χ2n) is 3.80. The molecule has 0 fully saturated rings. The molecule has 0 aromatic heterocycles. The Kier molecular flexibility index (Phi) is 4.93. The van der Waals surface area contributed by atoms with E-state index in [4.69, 9.17) is 6.42 Å². The molecule has 80 valence electrons. The Balaban J connectivity index is 2.42. The fraction of sp³-hybridized carbons (Fsp3) is 0.429. The van der Waals surface area contributed by atoms with Crippen molar-refractivity contribution in [2.45, 2.75) is 32.7 Å². The van der Waals surface area contributed by atoms with Gasteiger partial charge in [0.25, 0.3) is 0 Å². The number of hydrogen-bond donors (Lipinski definition) is 1. The lowest BCUT2D eigenvalue weighted by molar-refractivity contribution is 0.589. The summed E-state index contributed by atoms with van der Waals surface area (Å²) in [5.74, 6) is 2.77. The van der Waals surface area contributed by atoms with Gasteiger partial charge in [0.15, 0.2) is 0 Å². The van der Waals surface area contributed by atoms with Crippen molar-refractivity contribution in [2.24, 2.45) is 0 Å². The smallest absolute Gasteiger partial charge is 0.0690 e. The molecular weight excluding hydrogens is 182 g/mol. The van der Waals surface area contributed by atoms with Crippen LogP contribution < -0.4 is 5.32 Å². The minimum absolute atomic E-state index is 0.205. The maximum absolute atomic E-state index is 5.43. The van der Waals surface area contributed by atoms with Gasteiger partial charge in [-0.15, -0.1) is 6.42 Å². The normalized spacial score (nSPS) is 12.1. The molecule has 1 atom stereocenters. The number of terminal acetylenes is 1. The average Bonchev–Trinajstić information content (AvgIpc) is 2.26. The molecule has 1 nitrogen and oxygen atoms in total. The number of hydrogen-bond acceptors (Lipinski definition) is 1. The highest BCUT2D eigenvalue weighted by molar-refractivity contribution is 5.21. The standard InChI is InChI=1S/C14H19N/c1-4-14(15-5-2)11-10-13-8-6-12(3)7-9-13/h1,6-9,14-15H,5,10-11H2,2-3H3. The molecule has 0 heterocycles. The van der Waals surface area contributed by atoms with E-state index >= 15 is 0 Å². The predicted octanol–water partition coefficient (Wildman–Crippen LogP) is 2.54. The summed E-state index contributed by atoms with van der Waals surface area (Å²) < 4.78 is 0. The van der Waals surface area contributed by atoms with Crippen LogP contribution in [0.5, 0.6) is 0 Å². The van der Waals surface area contributed by atoms with Crippen LogP contribution in [0.4, 0.5) is 0 Å². The molecule has 0 bridgehead atoms. The van der Waals surface area contributed by atoms with Crippen molar-refractivity contribution in [3.8, 4) is 12.3 Å². The van der Waals surface area contributed by atoms with Gasteiger partial charge in [-0.3, -0.25) is 0 Å². The Morgan fingerprint density at radius 1 is 1.33 bits per heavy atom. The van der Waals surface area contributed by atoms with Crippen molar-refractivity contribution >= 4 is 0 Å². The van der Waals surface area contributed by atoms with Gasteiger partial charge in [0.2, 0.25) is 0 Å². The molecule has 0 aliphatic carbocycles. The minimum Gasteiger partial charge on any atom is -0.304 e. The lowest BCUT2D eigenvalue weighted by Crippen LogP contribution is -2.27. The summed E-state index contributed by atoms with van der Waals surface area (Å²) in [5.41, 5.74) is 2.66. The van der Waals surface area contributed by atoms with Crippen LogP contribution in [0.25, 0.3) is 0 Å². The Morgan fingerprint density at radius 2 is 2.00 bits per heavy atom. The van der Waals surface area contributed by atoms with Gasteiger partial charge in [-0.05, 0) is 31.9 Å². The van der Waals surface area contributed by atoms with Gasteiger partial charge in [-0.25, -0.2) is 0 Å². The van der Waals surface area contributed by atoms with Crippen LogP contribution in [-0.4, -0.2) is 12.6 Å². The second kappa shape index (κ2) is 6.27. The van der Waals surface area contributed by atoms with Crippen LogP contribution in [0.15, 0.2) is 24.3 Å². The summed E-state index contributed by atoms with van der Waals surface area (Å²) in [6.45, 7) is 5.12. The molecule has 0 saturated carbocycles. The molecule has 0 spiro atoms. The largest absolute Gasteiger partial charge is 0.304 e. The van der Waals surface area contributed by atoms with Gasteiger partial charge in [-0.1, -0.05) is 42.7 Å². The van der Waals surface area contributed by atoms with E-state index in [2.05, 4.69) is 49.4 Å². The van der Waals surface area contributed by atoms with Crippen LogP contribution in [0.2, 0.25) is 0 Å². The van der Waals surface area contributed by atoms with Gasteiger partial charge in [0.1, 0.15) is 0 Å². The van der Waals surface area contributed by atoms with E-state index in [1.165, 1.54) is 11.1 Å². The second-order valence-corrected chi connectivity index (χ2v) is 3.80.